The van der Waals surface area contributed by atoms with Crippen LogP contribution in [0.15, 0.2) is 65.6 Å². The van der Waals surface area contributed by atoms with Crippen molar-refractivity contribution in [2.24, 2.45) is 0 Å². The first kappa shape index (κ1) is 21.8. The van der Waals surface area contributed by atoms with Gasteiger partial charge >= 0.3 is 0 Å². The molecular formula is C22H21ClN6O2S. The first-order valence-corrected chi connectivity index (χ1v) is 11.6. The highest BCUT2D eigenvalue weighted by Crippen LogP contribution is 2.25. The molecule has 0 bridgehead atoms. The monoisotopic (exact) mass is 468 g/mol. The van der Waals surface area contributed by atoms with Crippen molar-refractivity contribution in [2.45, 2.75) is 25.7 Å². The van der Waals surface area contributed by atoms with Crippen LogP contribution in [0.25, 0.3) is 5.82 Å². The van der Waals surface area contributed by atoms with Crippen LogP contribution in [0.1, 0.15) is 17.0 Å². The maximum Gasteiger partial charge on any atom is 0.263 e. The number of aryl methyl sites for hydroxylation is 1. The molecule has 0 spiro atoms. The molecule has 0 radical (unpaired) electrons. The lowest BCUT2D eigenvalue weighted by molar-refractivity contribution is 0.601. The van der Waals surface area contributed by atoms with Gasteiger partial charge < -0.3 is 5.32 Å². The number of sulfonamides is 1. The quantitative estimate of drug-likeness (QED) is 0.422. The number of nitrogens with one attached hydrogen (secondary N) is 2. The molecule has 0 aliphatic heterocycles. The number of hydrogen-bond donors (Lipinski definition) is 2. The minimum Gasteiger partial charge on any atom is -0.339 e. The molecule has 4 aromatic rings. The van der Waals surface area contributed by atoms with Crippen LogP contribution in [-0.2, 0) is 10.0 Å². The third kappa shape index (κ3) is 4.44. The van der Waals surface area contributed by atoms with Gasteiger partial charge in [-0.15, -0.1) is 10.2 Å². The van der Waals surface area contributed by atoms with Crippen molar-refractivity contribution in [1.29, 1.82) is 0 Å². The van der Waals surface area contributed by atoms with Gasteiger partial charge in [0.25, 0.3) is 10.0 Å². The molecule has 0 fully saturated rings. The summed E-state index contributed by atoms with van der Waals surface area (Å²) in [6, 6.07) is 16.7. The van der Waals surface area contributed by atoms with Crippen molar-refractivity contribution in [2.75, 3.05) is 10.0 Å². The van der Waals surface area contributed by atoms with Crippen molar-refractivity contribution in [1.82, 2.24) is 20.0 Å². The summed E-state index contributed by atoms with van der Waals surface area (Å²) in [5.74, 6) is 1.19. The van der Waals surface area contributed by atoms with Crippen molar-refractivity contribution < 1.29 is 8.42 Å². The zero-order chi connectivity index (χ0) is 22.9. The van der Waals surface area contributed by atoms with E-state index in [4.69, 9.17) is 11.6 Å². The van der Waals surface area contributed by atoms with E-state index in [-0.39, 0.29) is 9.92 Å². The number of hydrogen-bond acceptors (Lipinski definition) is 6. The summed E-state index contributed by atoms with van der Waals surface area (Å²) < 4.78 is 29.4. The van der Waals surface area contributed by atoms with Crippen LogP contribution in [0.5, 0.6) is 0 Å². The maximum atomic E-state index is 12.6. The summed E-state index contributed by atoms with van der Waals surface area (Å²) in [6.07, 6.45) is 0. The van der Waals surface area contributed by atoms with Gasteiger partial charge in [0.1, 0.15) is 4.90 Å². The lowest BCUT2D eigenvalue weighted by Gasteiger charge is -2.11. The summed E-state index contributed by atoms with van der Waals surface area (Å²) in [7, 11) is -3.78. The van der Waals surface area contributed by atoms with Gasteiger partial charge in [-0.3, -0.25) is 4.72 Å². The standard InChI is InChI=1S/C22H21ClN6O2S/c1-14-15(2)27-29(16(14)3)22-13-12-21(25-26-22)24-17-8-10-18(11-9-17)28-32(30,31)20-7-5-4-6-19(20)23/h4-13,28H,1-3H3,(H,24,25). The van der Waals surface area contributed by atoms with Gasteiger partial charge in [-0.2, -0.15) is 5.10 Å². The summed E-state index contributed by atoms with van der Waals surface area (Å²) in [5, 5.41) is 16.3. The average molecular weight is 469 g/mol. The predicted octanol–water partition coefficient (Wildman–Crippen LogP) is 4.79. The van der Waals surface area contributed by atoms with Crippen LogP contribution >= 0.6 is 11.6 Å². The Labute approximate surface area is 191 Å². The zero-order valence-electron chi connectivity index (χ0n) is 17.7. The van der Waals surface area contributed by atoms with Crippen LogP contribution in [0, 0.1) is 20.8 Å². The van der Waals surface area contributed by atoms with Crippen LogP contribution in [0.3, 0.4) is 0 Å². The van der Waals surface area contributed by atoms with Gasteiger partial charge in [-0.25, -0.2) is 13.1 Å². The maximum absolute atomic E-state index is 12.6. The molecular weight excluding hydrogens is 448 g/mol. The highest BCUT2D eigenvalue weighted by molar-refractivity contribution is 7.92. The molecule has 0 aliphatic rings. The van der Waals surface area contributed by atoms with Gasteiger partial charge in [-0.1, -0.05) is 23.7 Å². The Kier molecular flexibility index (Phi) is 5.86. The second-order valence-electron chi connectivity index (χ2n) is 7.22. The number of anilines is 3. The molecule has 2 heterocycles. The van der Waals surface area contributed by atoms with E-state index in [0.29, 0.717) is 17.3 Å². The van der Waals surface area contributed by atoms with E-state index in [1.54, 1.807) is 41.1 Å². The van der Waals surface area contributed by atoms with E-state index < -0.39 is 10.0 Å². The SMILES string of the molecule is Cc1nn(-c2ccc(Nc3ccc(NS(=O)(=O)c4ccccc4Cl)cc3)nn2)c(C)c1C. The molecule has 32 heavy (non-hydrogen) atoms. The topological polar surface area (TPSA) is 102 Å². The largest absolute Gasteiger partial charge is 0.339 e. The van der Waals surface area contributed by atoms with E-state index in [1.807, 2.05) is 32.9 Å². The van der Waals surface area contributed by atoms with Crippen LogP contribution in [0.4, 0.5) is 17.2 Å². The zero-order valence-corrected chi connectivity index (χ0v) is 19.2. The van der Waals surface area contributed by atoms with Gasteiger partial charge in [0.05, 0.1) is 10.7 Å². The Morgan fingerprint density at radius 3 is 2.16 bits per heavy atom. The fourth-order valence-corrected chi connectivity index (χ4v) is 4.67. The highest BCUT2D eigenvalue weighted by Gasteiger charge is 2.17. The van der Waals surface area contributed by atoms with Crippen LogP contribution < -0.4 is 10.0 Å². The summed E-state index contributed by atoms with van der Waals surface area (Å²) >= 11 is 6.01. The van der Waals surface area contributed by atoms with Crippen LogP contribution in [0.2, 0.25) is 5.02 Å². The second kappa shape index (κ2) is 8.60. The molecule has 2 aromatic carbocycles. The lowest BCUT2D eigenvalue weighted by atomic mass is 10.2. The summed E-state index contributed by atoms with van der Waals surface area (Å²) in [6.45, 7) is 5.97. The molecule has 0 saturated heterocycles. The number of rotatable bonds is 6. The Morgan fingerprint density at radius 1 is 0.875 bits per heavy atom. The normalized spacial score (nSPS) is 11.4. The van der Waals surface area contributed by atoms with E-state index in [0.717, 1.165) is 22.6 Å². The predicted molar refractivity (Wildman–Crippen MR) is 125 cm³/mol. The third-order valence-corrected chi connectivity index (χ3v) is 6.94. The molecule has 0 aliphatic carbocycles. The Morgan fingerprint density at radius 2 is 1.56 bits per heavy atom. The van der Waals surface area contributed by atoms with Gasteiger partial charge in [0.15, 0.2) is 11.6 Å². The third-order valence-electron chi connectivity index (χ3n) is 5.06. The van der Waals surface area contributed by atoms with Crippen molar-refractivity contribution >= 4 is 38.8 Å². The van der Waals surface area contributed by atoms with E-state index >= 15 is 0 Å². The minimum absolute atomic E-state index is 0.0250. The number of nitrogens with zero attached hydrogens (tertiary/aromatic N) is 4. The summed E-state index contributed by atoms with van der Waals surface area (Å²) in [4.78, 5) is 0.0250. The molecule has 2 aromatic heterocycles. The second-order valence-corrected chi connectivity index (χ2v) is 9.28. The lowest BCUT2D eigenvalue weighted by Crippen LogP contribution is -2.13. The first-order chi connectivity index (χ1) is 15.2. The fourth-order valence-electron chi connectivity index (χ4n) is 3.09. The molecule has 164 valence electrons. The molecule has 0 atom stereocenters. The number of halogens is 1. The van der Waals surface area contributed by atoms with Crippen molar-refractivity contribution in [3.63, 3.8) is 0 Å². The smallest absolute Gasteiger partial charge is 0.263 e. The molecule has 0 amide bonds. The van der Waals surface area contributed by atoms with E-state index in [9.17, 15) is 8.42 Å². The van der Waals surface area contributed by atoms with Crippen LogP contribution in [-0.4, -0.2) is 28.4 Å². The van der Waals surface area contributed by atoms with Gasteiger partial charge in [0, 0.05) is 17.1 Å². The van der Waals surface area contributed by atoms with Gasteiger partial charge in [-0.05, 0) is 74.9 Å². The molecule has 10 heteroatoms. The molecule has 8 nitrogen and oxygen atoms in total. The molecule has 0 unspecified atom stereocenters. The summed E-state index contributed by atoms with van der Waals surface area (Å²) in [5.41, 5.74) is 4.25. The Bertz CT molecular complexity index is 1370. The molecule has 0 saturated carbocycles. The number of aromatic nitrogens is 4. The Balaban J connectivity index is 1.46. The van der Waals surface area contributed by atoms with E-state index in [2.05, 4.69) is 25.3 Å². The highest BCUT2D eigenvalue weighted by atomic mass is 35.5. The van der Waals surface area contributed by atoms with Gasteiger partial charge in [0.2, 0.25) is 0 Å². The van der Waals surface area contributed by atoms with Crippen molar-refractivity contribution in [3.8, 4) is 5.82 Å². The van der Waals surface area contributed by atoms with E-state index in [1.165, 1.54) is 12.1 Å². The fraction of sp³-hybridized carbons (Fsp3) is 0.136. The first-order valence-electron chi connectivity index (χ1n) is 9.76. The Hall–Kier alpha value is -3.43. The minimum atomic E-state index is -3.78. The van der Waals surface area contributed by atoms with Crippen molar-refractivity contribution in [3.05, 3.63) is 82.6 Å². The number of benzene rings is 2. The average Bonchev–Trinajstić information content (AvgIpc) is 3.03. The molecule has 2 N–H and O–H groups in total. The molecule has 4 rings (SSSR count).